The van der Waals surface area contributed by atoms with Crippen molar-refractivity contribution in [2.75, 3.05) is 6.54 Å². The van der Waals surface area contributed by atoms with Crippen molar-refractivity contribution in [1.29, 1.82) is 0 Å². The molecule has 140 valence electrons. The normalized spacial score (nSPS) is 20.3. The number of halogens is 3. The van der Waals surface area contributed by atoms with Crippen LogP contribution in [0.3, 0.4) is 0 Å². The number of rotatable bonds is 4. The molecule has 1 aromatic carbocycles. The minimum Gasteiger partial charge on any atom is -0.356 e. The van der Waals surface area contributed by atoms with Gasteiger partial charge in [-0.05, 0) is 32.3 Å². The van der Waals surface area contributed by atoms with E-state index in [0.29, 0.717) is 18.5 Å². The number of piperidine rings is 1. The molecule has 0 aliphatic carbocycles. The Labute approximate surface area is 147 Å². The average Bonchev–Trinajstić information content (AvgIpc) is 2.49. The van der Waals surface area contributed by atoms with Crippen LogP contribution in [0.4, 0.5) is 13.2 Å². The van der Waals surface area contributed by atoms with Gasteiger partial charge in [-0.2, -0.15) is 13.2 Å². The van der Waals surface area contributed by atoms with Crippen LogP contribution in [0.2, 0.25) is 0 Å². The van der Waals surface area contributed by atoms with E-state index < -0.39 is 12.6 Å². The summed E-state index contributed by atoms with van der Waals surface area (Å²) in [6, 6.07) is 6.37. The fourth-order valence-electron chi connectivity index (χ4n) is 3.01. The van der Waals surface area contributed by atoms with Gasteiger partial charge < -0.3 is 5.32 Å². The molecule has 1 aliphatic rings. The zero-order valence-corrected chi connectivity index (χ0v) is 15.0. The van der Waals surface area contributed by atoms with Crippen molar-refractivity contribution in [2.24, 2.45) is 5.41 Å². The van der Waals surface area contributed by atoms with Crippen LogP contribution in [-0.4, -0.2) is 24.4 Å². The number of nitrogens with one attached hydrogen (secondary N) is 1. The molecule has 25 heavy (non-hydrogen) atoms. The Balaban J connectivity index is 0.000000251. The summed E-state index contributed by atoms with van der Waals surface area (Å²) < 4.78 is 35.5. The van der Waals surface area contributed by atoms with Gasteiger partial charge in [0.1, 0.15) is 5.78 Å². The second-order valence-electron chi connectivity index (χ2n) is 6.64. The molecule has 1 fully saturated rings. The van der Waals surface area contributed by atoms with E-state index in [1.807, 2.05) is 6.92 Å². The standard InChI is InChI=1S/C10H17NO2.C9H9F3/c1-3-4-10(8(2)12)5-6-11-9(13)7-10;1-7-2-4-8(5-3-7)6-9(10,11)12/h3-7H2,1-2H3,(H,11,13);2-5H,6H2,1H3. The van der Waals surface area contributed by atoms with Gasteiger partial charge in [0.25, 0.3) is 0 Å². The molecule has 1 N–H and O–H groups in total. The number of hydrogen-bond acceptors (Lipinski definition) is 2. The summed E-state index contributed by atoms with van der Waals surface area (Å²) in [5, 5.41) is 2.76. The largest absolute Gasteiger partial charge is 0.393 e. The summed E-state index contributed by atoms with van der Waals surface area (Å²) in [6.45, 7) is 6.15. The first-order chi connectivity index (χ1) is 11.6. The van der Waals surface area contributed by atoms with E-state index in [-0.39, 0.29) is 17.1 Å². The van der Waals surface area contributed by atoms with Gasteiger partial charge in [-0.25, -0.2) is 0 Å². The second-order valence-corrected chi connectivity index (χ2v) is 6.64. The SMILES string of the molecule is CCCC1(C(C)=O)CCNC(=O)C1.Cc1ccc(CC(F)(F)F)cc1. The summed E-state index contributed by atoms with van der Waals surface area (Å²) in [5.41, 5.74) is 0.936. The van der Waals surface area contributed by atoms with Crippen LogP contribution in [0.5, 0.6) is 0 Å². The van der Waals surface area contributed by atoms with E-state index in [2.05, 4.69) is 12.2 Å². The van der Waals surface area contributed by atoms with E-state index >= 15 is 0 Å². The Morgan fingerprint density at radius 2 is 1.84 bits per heavy atom. The molecule has 0 saturated carbocycles. The highest BCUT2D eigenvalue weighted by atomic mass is 19.4. The third kappa shape index (κ3) is 7.28. The van der Waals surface area contributed by atoms with Crippen molar-refractivity contribution in [3.8, 4) is 0 Å². The first-order valence-corrected chi connectivity index (χ1v) is 8.48. The number of carbonyl (C=O) groups is 2. The monoisotopic (exact) mass is 357 g/mol. The maximum absolute atomic E-state index is 11.8. The second kappa shape index (κ2) is 9.02. The van der Waals surface area contributed by atoms with E-state index in [0.717, 1.165) is 24.8 Å². The molecule has 3 nitrogen and oxygen atoms in total. The van der Waals surface area contributed by atoms with Gasteiger partial charge in [-0.1, -0.05) is 43.2 Å². The highest BCUT2D eigenvalue weighted by Gasteiger charge is 2.38. The molecule has 1 heterocycles. The highest BCUT2D eigenvalue weighted by Crippen LogP contribution is 2.35. The predicted octanol–water partition coefficient (Wildman–Crippen LogP) is 4.37. The van der Waals surface area contributed by atoms with Crippen molar-refractivity contribution in [2.45, 2.75) is 59.1 Å². The highest BCUT2D eigenvalue weighted by molar-refractivity contribution is 5.89. The zero-order valence-electron chi connectivity index (χ0n) is 15.0. The fraction of sp³-hybridized carbons (Fsp3) is 0.579. The van der Waals surface area contributed by atoms with Crippen LogP contribution >= 0.6 is 0 Å². The van der Waals surface area contributed by atoms with Crippen molar-refractivity contribution in [3.63, 3.8) is 0 Å². The molecule has 1 saturated heterocycles. The van der Waals surface area contributed by atoms with Crippen molar-refractivity contribution < 1.29 is 22.8 Å². The van der Waals surface area contributed by atoms with E-state index in [1.54, 1.807) is 19.1 Å². The molecule has 1 unspecified atom stereocenters. The first-order valence-electron chi connectivity index (χ1n) is 8.48. The molecule has 6 heteroatoms. The molecule has 1 aromatic rings. The summed E-state index contributed by atoms with van der Waals surface area (Å²) in [6.07, 6.45) is -1.94. The molecular formula is C19H26F3NO2. The van der Waals surface area contributed by atoms with Gasteiger partial charge in [-0.3, -0.25) is 9.59 Å². The molecule has 0 radical (unpaired) electrons. The molecule has 0 aromatic heterocycles. The molecule has 1 amide bonds. The number of benzene rings is 1. The maximum atomic E-state index is 11.8. The number of carbonyl (C=O) groups excluding carboxylic acids is 2. The number of aryl methyl sites for hydroxylation is 1. The van der Waals surface area contributed by atoms with Crippen LogP contribution in [0.25, 0.3) is 0 Å². The Morgan fingerprint density at radius 1 is 1.24 bits per heavy atom. The average molecular weight is 357 g/mol. The topological polar surface area (TPSA) is 46.2 Å². The third-order valence-corrected chi connectivity index (χ3v) is 4.43. The Kier molecular flexibility index (Phi) is 7.64. The summed E-state index contributed by atoms with van der Waals surface area (Å²) in [4.78, 5) is 22.7. The van der Waals surface area contributed by atoms with E-state index in [4.69, 9.17) is 0 Å². The van der Waals surface area contributed by atoms with Gasteiger partial charge >= 0.3 is 6.18 Å². The molecule has 0 bridgehead atoms. The minimum atomic E-state index is -4.10. The van der Waals surface area contributed by atoms with Crippen LogP contribution in [0, 0.1) is 12.3 Å². The van der Waals surface area contributed by atoms with Crippen LogP contribution in [-0.2, 0) is 16.0 Å². The number of hydrogen-bond donors (Lipinski definition) is 1. The molecule has 1 aliphatic heterocycles. The number of Topliss-reactive ketones (excluding diaryl/α,β-unsaturated/α-hetero) is 1. The number of amides is 1. The lowest BCUT2D eigenvalue weighted by Gasteiger charge is -2.34. The van der Waals surface area contributed by atoms with Crippen LogP contribution < -0.4 is 5.32 Å². The van der Waals surface area contributed by atoms with Gasteiger partial charge in [-0.15, -0.1) is 0 Å². The maximum Gasteiger partial charge on any atom is 0.393 e. The minimum absolute atomic E-state index is 0.0231. The van der Waals surface area contributed by atoms with Crippen molar-refractivity contribution in [1.82, 2.24) is 5.32 Å². The van der Waals surface area contributed by atoms with Crippen molar-refractivity contribution in [3.05, 3.63) is 35.4 Å². The molecule has 2 rings (SSSR count). The predicted molar refractivity (Wildman–Crippen MR) is 91.2 cm³/mol. The van der Waals surface area contributed by atoms with Gasteiger partial charge in [0, 0.05) is 18.4 Å². The first kappa shape index (κ1) is 21.2. The van der Waals surface area contributed by atoms with E-state index in [1.165, 1.54) is 12.1 Å². The summed E-state index contributed by atoms with van der Waals surface area (Å²) in [7, 11) is 0. The molecule has 1 atom stereocenters. The smallest absolute Gasteiger partial charge is 0.356 e. The quantitative estimate of drug-likeness (QED) is 0.870. The lowest BCUT2D eigenvalue weighted by atomic mass is 9.72. The molecule has 0 spiro atoms. The third-order valence-electron chi connectivity index (χ3n) is 4.43. The summed E-state index contributed by atoms with van der Waals surface area (Å²) >= 11 is 0. The van der Waals surface area contributed by atoms with Crippen molar-refractivity contribution >= 4 is 11.7 Å². The number of alkyl halides is 3. The Hall–Kier alpha value is -1.85. The van der Waals surface area contributed by atoms with Crippen LogP contribution in [0.15, 0.2) is 24.3 Å². The zero-order chi connectivity index (χ0) is 19.1. The summed E-state index contributed by atoms with van der Waals surface area (Å²) in [5.74, 6) is 0.194. The number of ketones is 1. The van der Waals surface area contributed by atoms with Gasteiger partial charge in [0.2, 0.25) is 5.91 Å². The van der Waals surface area contributed by atoms with Crippen LogP contribution in [0.1, 0.15) is 50.7 Å². The van der Waals surface area contributed by atoms with E-state index in [9.17, 15) is 22.8 Å². The Bertz CT molecular complexity index is 577. The fourth-order valence-corrected chi connectivity index (χ4v) is 3.01. The van der Waals surface area contributed by atoms with Gasteiger partial charge in [0.15, 0.2) is 0 Å². The van der Waals surface area contributed by atoms with Gasteiger partial charge in [0.05, 0.1) is 6.42 Å². The lowest BCUT2D eigenvalue weighted by molar-refractivity contribution is -0.137. The lowest BCUT2D eigenvalue weighted by Crippen LogP contribution is -2.44. The molecular weight excluding hydrogens is 331 g/mol. The Morgan fingerprint density at radius 3 is 2.28 bits per heavy atom.